The molecule has 0 amide bonds. The highest BCUT2D eigenvalue weighted by Gasteiger charge is 2.36. The second-order valence-electron chi connectivity index (χ2n) is 8.82. The van der Waals surface area contributed by atoms with E-state index in [0.717, 1.165) is 43.7 Å². The Morgan fingerprint density at radius 2 is 1.79 bits per heavy atom. The molecule has 1 atom stereocenters. The number of anilines is 4. The van der Waals surface area contributed by atoms with Crippen molar-refractivity contribution in [1.82, 2.24) is 9.97 Å². The molecule has 0 spiro atoms. The summed E-state index contributed by atoms with van der Waals surface area (Å²) in [6.45, 7) is 0.807. The quantitative estimate of drug-likeness (QED) is 0.390. The number of nitrogens with zero attached hydrogens (tertiary/aromatic N) is 3. The number of para-hydroxylation sites is 1. The van der Waals surface area contributed by atoms with Crippen LogP contribution in [0.4, 0.5) is 27.5 Å². The third-order valence-electron chi connectivity index (χ3n) is 6.49. The van der Waals surface area contributed by atoms with E-state index < -0.39 is 0 Å². The van der Waals surface area contributed by atoms with Crippen LogP contribution in [0.15, 0.2) is 60.8 Å². The van der Waals surface area contributed by atoms with Crippen molar-refractivity contribution in [2.45, 2.75) is 57.3 Å². The number of nitrogens with one attached hydrogen (secondary N) is 3. The van der Waals surface area contributed by atoms with Crippen molar-refractivity contribution in [2.75, 3.05) is 27.4 Å². The maximum Gasteiger partial charge on any atom is 0.224 e. The van der Waals surface area contributed by atoms with Crippen molar-refractivity contribution in [1.29, 1.82) is 0 Å². The van der Waals surface area contributed by atoms with E-state index in [1.54, 1.807) is 12.1 Å². The molecule has 2 aromatic carbocycles. The van der Waals surface area contributed by atoms with Gasteiger partial charge in [0.05, 0.1) is 17.6 Å². The molecule has 1 saturated carbocycles. The van der Waals surface area contributed by atoms with Gasteiger partial charge < -0.3 is 20.9 Å². The number of fused-ring (bicyclic) bond motifs is 1. The summed E-state index contributed by atoms with van der Waals surface area (Å²) >= 11 is 0. The molecular formula is C26H31FN6. The fourth-order valence-corrected chi connectivity index (χ4v) is 4.81. The van der Waals surface area contributed by atoms with Gasteiger partial charge in [-0.2, -0.15) is 4.98 Å². The molecule has 172 valence electrons. The van der Waals surface area contributed by atoms with Crippen molar-refractivity contribution in [3.8, 4) is 0 Å². The van der Waals surface area contributed by atoms with Gasteiger partial charge in [-0.25, -0.2) is 9.37 Å². The van der Waals surface area contributed by atoms with Gasteiger partial charge in [0, 0.05) is 12.6 Å². The molecule has 1 unspecified atom stereocenters. The molecule has 6 nitrogen and oxygen atoms in total. The summed E-state index contributed by atoms with van der Waals surface area (Å²) in [5.74, 6) is 1.26. The van der Waals surface area contributed by atoms with E-state index in [0.29, 0.717) is 17.7 Å². The molecule has 3 N–H and O–H groups in total. The zero-order valence-corrected chi connectivity index (χ0v) is 18.8. The van der Waals surface area contributed by atoms with Gasteiger partial charge in [0.1, 0.15) is 5.82 Å². The highest BCUT2D eigenvalue weighted by molar-refractivity contribution is 5.74. The second kappa shape index (κ2) is 10.1. The Morgan fingerprint density at radius 3 is 2.61 bits per heavy atom. The lowest BCUT2D eigenvalue weighted by atomic mass is 9.94. The minimum absolute atomic E-state index is 0.259. The predicted octanol–water partition coefficient (Wildman–Crippen LogP) is 5.62. The molecular weight excluding hydrogens is 415 g/mol. The second-order valence-corrected chi connectivity index (χ2v) is 8.82. The zero-order chi connectivity index (χ0) is 22.5. The van der Waals surface area contributed by atoms with Crippen LogP contribution in [0.2, 0.25) is 0 Å². The summed E-state index contributed by atoms with van der Waals surface area (Å²) in [4.78, 5) is 11.7. The molecule has 1 aliphatic heterocycles. The minimum atomic E-state index is -0.261. The number of benzene rings is 2. The van der Waals surface area contributed by atoms with Gasteiger partial charge in [-0.3, -0.25) is 0 Å². The van der Waals surface area contributed by atoms with Gasteiger partial charge in [0.15, 0.2) is 12.1 Å². The maximum atomic E-state index is 14.4. The number of aromatic nitrogens is 2. The summed E-state index contributed by atoms with van der Waals surface area (Å²) in [7, 11) is 0. The van der Waals surface area contributed by atoms with E-state index in [1.165, 1.54) is 30.9 Å². The normalized spacial score (nSPS) is 18.0. The Hall–Kier alpha value is -3.35. The molecule has 2 heterocycles. The Labute approximate surface area is 194 Å². The first kappa shape index (κ1) is 21.5. The lowest BCUT2D eigenvalue weighted by Gasteiger charge is -2.36. The fraction of sp³-hybridized carbons (Fsp3) is 0.385. The topological polar surface area (TPSA) is 65.1 Å². The molecule has 5 rings (SSSR count). The van der Waals surface area contributed by atoms with Crippen LogP contribution in [-0.2, 0) is 6.42 Å². The third-order valence-corrected chi connectivity index (χ3v) is 6.49. The van der Waals surface area contributed by atoms with E-state index in [1.807, 2.05) is 18.3 Å². The molecule has 0 radical (unpaired) electrons. The fourth-order valence-electron chi connectivity index (χ4n) is 4.81. The van der Waals surface area contributed by atoms with E-state index in [4.69, 9.17) is 4.98 Å². The van der Waals surface area contributed by atoms with Crippen molar-refractivity contribution >= 4 is 23.1 Å². The summed E-state index contributed by atoms with van der Waals surface area (Å²) in [6.07, 6.45) is 9.50. The van der Waals surface area contributed by atoms with Gasteiger partial charge in [-0.05, 0) is 43.4 Å². The molecule has 1 aliphatic carbocycles. The molecule has 1 aromatic heterocycles. The molecule has 7 heteroatoms. The summed E-state index contributed by atoms with van der Waals surface area (Å²) in [5.41, 5.74) is 2.70. The SMILES string of the molecule is Fc1ccccc1NC1Nc2cnc(NCCCc3ccccc3)nc2N1C1CCCCC1. The largest absolute Gasteiger partial charge is 0.354 e. The molecule has 3 aromatic rings. The van der Waals surface area contributed by atoms with Crippen LogP contribution in [-0.4, -0.2) is 28.8 Å². The summed E-state index contributed by atoms with van der Waals surface area (Å²) < 4.78 is 14.4. The van der Waals surface area contributed by atoms with Crippen LogP contribution in [0, 0.1) is 5.82 Å². The Kier molecular flexibility index (Phi) is 6.56. The lowest BCUT2D eigenvalue weighted by molar-refractivity contribution is 0.405. The van der Waals surface area contributed by atoms with Gasteiger partial charge >= 0.3 is 0 Å². The van der Waals surface area contributed by atoms with Crippen LogP contribution in [0.5, 0.6) is 0 Å². The maximum absolute atomic E-state index is 14.4. The first-order valence-electron chi connectivity index (χ1n) is 12.0. The number of aryl methyl sites for hydroxylation is 1. The molecule has 0 bridgehead atoms. The van der Waals surface area contributed by atoms with Gasteiger partial charge in [0.2, 0.25) is 5.95 Å². The third kappa shape index (κ3) is 5.02. The average molecular weight is 447 g/mol. The Balaban J connectivity index is 1.30. The van der Waals surface area contributed by atoms with Crippen LogP contribution < -0.4 is 20.9 Å². The minimum Gasteiger partial charge on any atom is -0.354 e. The lowest BCUT2D eigenvalue weighted by Crippen LogP contribution is -2.49. The molecule has 2 aliphatic rings. The monoisotopic (exact) mass is 446 g/mol. The first-order valence-corrected chi connectivity index (χ1v) is 12.0. The van der Waals surface area contributed by atoms with Crippen molar-refractivity contribution in [2.24, 2.45) is 0 Å². The first-order chi connectivity index (χ1) is 16.3. The Morgan fingerprint density at radius 1 is 1.00 bits per heavy atom. The van der Waals surface area contributed by atoms with E-state index >= 15 is 0 Å². The highest BCUT2D eigenvalue weighted by atomic mass is 19.1. The van der Waals surface area contributed by atoms with E-state index in [-0.39, 0.29) is 12.1 Å². The summed E-state index contributed by atoms with van der Waals surface area (Å²) in [5, 5.41) is 10.2. The zero-order valence-electron chi connectivity index (χ0n) is 18.8. The number of halogens is 1. The standard InChI is InChI=1S/C26H31FN6/c27-21-15-7-8-16-22(21)30-26-31-23-18-29-25(28-17-9-12-19-10-3-1-4-11-19)32-24(23)33(26)20-13-5-2-6-14-20/h1,3-4,7-8,10-11,15-16,18,20,26,30-31H,2,5-6,9,12-14,17H2,(H,28,29,32). The van der Waals surface area contributed by atoms with Gasteiger partial charge in [-0.15, -0.1) is 0 Å². The Bertz CT molecular complexity index is 1050. The average Bonchev–Trinajstić information content (AvgIpc) is 3.21. The number of hydrogen-bond acceptors (Lipinski definition) is 6. The van der Waals surface area contributed by atoms with Gasteiger partial charge in [-0.1, -0.05) is 61.7 Å². The van der Waals surface area contributed by atoms with Crippen LogP contribution in [0.1, 0.15) is 44.1 Å². The van der Waals surface area contributed by atoms with E-state index in [2.05, 4.69) is 50.1 Å². The number of hydrogen-bond donors (Lipinski definition) is 3. The van der Waals surface area contributed by atoms with Crippen LogP contribution in [0.3, 0.4) is 0 Å². The van der Waals surface area contributed by atoms with Crippen molar-refractivity contribution in [3.05, 3.63) is 72.2 Å². The molecule has 33 heavy (non-hydrogen) atoms. The predicted molar refractivity (Wildman–Crippen MR) is 132 cm³/mol. The van der Waals surface area contributed by atoms with E-state index in [9.17, 15) is 4.39 Å². The number of rotatable bonds is 8. The van der Waals surface area contributed by atoms with Crippen molar-refractivity contribution < 1.29 is 4.39 Å². The molecule has 1 fully saturated rings. The van der Waals surface area contributed by atoms with Gasteiger partial charge in [0.25, 0.3) is 0 Å². The highest BCUT2D eigenvalue weighted by Crippen LogP contribution is 2.38. The van der Waals surface area contributed by atoms with Crippen molar-refractivity contribution in [3.63, 3.8) is 0 Å². The summed E-state index contributed by atoms with van der Waals surface area (Å²) in [6, 6.07) is 17.7. The smallest absolute Gasteiger partial charge is 0.224 e. The van der Waals surface area contributed by atoms with Crippen LogP contribution in [0.25, 0.3) is 0 Å². The molecule has 0 saturated heterocycles. The van der Waals surface area contributed by atoms with Crippen LogP contribution >= 0.6 is 0 Å².